The summed E-state index contributed by atoms with van der Waals surface area (Å²) in [5.41, 5.74) is -2.00. The fraction of sp³-hybridized carbons (Fsp3) is 0.133. The number of hydrogen-bond acceptors (Lipinski definition) is 3. The van der Waals surface area contributed by atoms with Gasteiger partial charge < -0.3 is 4.57 Å². The molecule has 0 spiro atoms. The number of fused-ring (bicyclic) bond motifs is 1. The number of rotatable bonds is 1. The largest absolute Gasteiger partial charge is 0.419 e. The molecular formula is C15H8F5N3O. The van der Waals surface area contributed by atoms with Crippen LogP contribution in [-0.2, 0) is 13.2 Å². The Morgan fingerprint density at radius 1 is 1.00 bits per heavy atom. The van der Waals surface area contributed by atoms with Gasteiger partial charge in [-0.15, -0.1) is 0 Å². The Hall–Kier alpha value is -2.84. The van der Waals surface area contributed by atoms with Crippen LogP contribution in [0.3, 0.4) is 0 Å². The molecular weight excluding hydrogens is 333 g/mol. The lowest BCUT2D eigenvalue weighted by Crippen LogP contribution is -2.17. The van der Waals surface area contributed by atoms with Crippen LogP contribution in [0.2, 0.25) is 0 Å². The van der Waals surface area contributed by atoms with Crippen molar-refractivity contribution < 1.29 is 22.0 Å². The van der Waals surface area contributed by atoms with Crippen LogP contribution in [0.1, 0.15) is 5.56 Å². The van der Waals surface area contributed by atoms with Crippen molar-refractivity contribution in [3.8, 4) is 11.4 Å². The van der Waals surface area contributed by atoms with E-state index in [1.54, 1.807) is 0 Å². The molecule has 4 nitrogen and oxygen atoms in total. The van der Waals surface area contributed by atoms with Gasteiger partial charge in [-0.1, -0.05) is 0 Å². The van der Waals surface area contributed by atoms with E-state index in [1.807, 2.05) is 0 Å². The summed E-state index contributed by atoms with van der Waals surface area (Å²) in [6, 6.07) is 1.82. The SMILES string of the molecule is Cn1cc(F)c2cc(-c3ncc(C(F)(F)F)cn3)c(F)cc2c1=O. The number of halogens is 5. The van der Waals surface area contributed by atoms with Crippen LogP contribution in [0, 0.1) is 11.6 Å². The highest BCUT2D eigenvalue weighted by Gasteiger charge is 2.31. The molecule has 0 bridgehead atoms. The quantitative estimate of drug-likeness (QED) is 0.638. The number of aromatic nitrogens is 3. The minimum Gasteiger partial charge on any atom is -0.315 e. The topological polar surface area (TPSA) is 47.8 Å². The number of nitrogens with zero attached hydrogens (tertiary/aromatic N) is 3. The molecule has 0 unspecified atom stereocenters. The van der Waals surface area contributed by atoms with Crippen LogP contribution in [0.5, 0.6) is 0 Å². The van der Waals surface area contributed by atoms with Crippen molar-refractivity contribution in [2.24, 2.45) is 7.05 Å². The van der Waals surface area contributed by atoms with Crippen LogP contribution < -0.4 is 5.56 Å². The normalized spacial score (nSPS) is 11.9. The number of alkyl halides is 3. The molecule has 24 heavy (non-hydrogen) atoms. The number of benzene rings is 1. The summed E-state index contributed by atoms with van der Waals surface area (Å²) in [6.45, 7) is 0. The summed E-state index contributed by atoms with van der Waals surface area (Å²) >= 11 is 0. The highest BCUT2D eigenvalue weighted by molar-refractivity contribution is 5.86. The molecule has 0 aliphatic rings. The zero-order valence-electron chi connectivity index (χ0n) is 12.0. The number of pyridine rings is 1. The highest BCUT2D eigenvalue weighted by atomic mass is 19.4. The zero-order valence-corrected chi connectivity index (χ0v) is 12.0. The fourth-order valence-electron chi connectivity index (χ4n) is 2.22. The first-order valence-electron chi connectivity index (χ1n) is 6.56. The third-order valence-corrected chi connectivity index (χ3v) is 3.44. The second kappa shape index (κ2) is 5.36. The Balaban J connectivity index is 2.20. The standard InChI is InChI=1S/C15H8F5N3O/c1-23-6-12(17)8-2-10(11(16)3-9(8)14(23)24)13-21-4-7(5-22-13)15(18,19)20/h2-6H,1H3. The highest BCUT2D eigenvalue weighted by Crippen LogP contribution is 2.30. The molecule has 0 atom stereocenters. The van der Waals surface area contributed by atoms with Gasteiger partial charge in [0.15, 0.2) is 5.82 Å². The summed E-state index contributed by atoms with van der Waals surface area (Å²) < 4.78 is 66.7. The van der Waals surface area contributed by atoms with Crippen molar-refractivity contribution in [3.63, 3.8) is 0 Å². The molecule has 2 heterocycles. The smallest absolute Gasteiger partial charge is 0.315 e. The van der Waals surface area contributed by atoms with Gasteiger partial charge in [-0.25, -0.2) is 18.7 Å². The van der Waals surface area contributed by atoms with Gasteiger partial charge in [0.25, 0.3) is 5.56 Å². The van der Waals surface area contributed by atoms with E-state index in [9.17, 15) is 26.7 Å². The Bertz CT molecular complexity index is 993. The first kappa shape index (κ1) is 16.0. The van der Waals surface area contributed by atoms with E-state index in [2.05, 4.69) is 9.97 Å². The molecule has 0 fully saturated rings. The third kappa shape index (κ3) is 2.61. The third-order valence-electron chi connectivity index (χ3n) is 3.44. The maximum atomic E-state index is 14.2. The average Bonchev–Trinajstić information content (AvgIpc) is 2.51. The molecule has 0 aliphatic carbocycles. The van der Waals surface area contributed by atoms with Crippen LogP contribution in [0.15, 0.2) is 35.5 Å². The first-order valence-corrected chi connectivity index (χ1v) is 6.56. The molecule has 0 amide bonds. The fourth-order valence-corrected chi connectivity index (χ4v) is 2.22. The minimum atomic E-state index is -4.63. The molecule has 0 saturated carbocycles. The predicted molar refractivity (Wildman–Crippen MR) is 75.1 cm³/mol. The molecule has 1 aromatic carbocycles. The lowest BCUT2D eigenvalue weighted by Gasteiger charge is -2.09. The van der Waals surface area contributed by atoms with Crippen molar-refractivity contribution >= 4 is 10.8 Å². The summed E-state index contributed by atoms with van der Waals surface area (Å²) in [7, 11) is 1.32. The Labute approximate surface area is 131 Å². The lowest BCUT2D eigenvalue weighted by atomic mass is 10.1. The summed E-state index contributed by atoms with van der Waals surface area (Å²) in [5.74, 6) is -2.06. The van der Waals surface area contributed by atoms with Crippen molar-refractivity contribution in [1.82, 2.24) is 14.5 Å². The zero-order chi connectivity index (χ0) is 17.6. The van der Waals surface area contributed by atoms with Crippen LogP contribution >= 0.6 is 0 Å². The molecule has 124 valence electrons. The molecule has 2 aromatic heterocycles. The maximum absolute atomic E-state index is 14.2. The monoisotopic (exact) mass is 341 g/mol. The van der Waals surface area contributed by atoms with Gasteiger partial charge in [0, 0.05) is 31.0 Å². The van der Waals surface area contributed by atoms with E-state index in [0.29, 0.717) is 12.4 Å². The van der Waals surface area contributed by atoms with Gasteiger partial charge in [-0.05, 0) is 12.1 Å². The van der Waals surface area contributed by atoms with Crippen LogP contribution in [0.4, 0.5) is 22.0 Å². The summed E-state index contributed by atoms with van der Waals surface area (Å²) in [6.07, 6.45) is -2.68. The van der Waals surface area contributed by atoms with Crippen LogP contribution in [-0.4, -0.2) is 14.5 Å². The van der Waals surface area contributed by atoms with Gasteiger partial charge >= 0.3 is 6.18 Å². The van der Waals surface area contributed by atoms with E-state index in [-0.39, 0.29) is 22.2 Å². The Kier molecular flexibility index (Phi) is 3.58. The van der Waals surface area contributed by atoms with Crippen molar-refractivity contribution in [1.29, 1.82) is 0 Å². The predicted octanol–water partition coefficient (Wildman–Crippen LogP) is 3.29. The maximum Gasteiger partial charge on any atom is 0.419 e. The Morgan fingerprint density at radius 3 is 2.21 bits per heavy atom. The second-order valence-corrected chi connectivity index (χ2v) is 5.06. The molecule has 3 aromatic rings. The minimum absolute atomic E-state index is 0.169. The summed E-state index contributed by atoms with van der Waals surface area (Å²) in [4.78, 5) is 18.9. The van der Waals surface area contributed by atoms with Gasteiger partial charge in [0.2, 0.25) is 0 Å². The molecule has 0 aliphatic heterocycles. The van der Waals surface area contributed by atoms with Gasteiger partial charge in [-0.2, -0.15) is 13.2 Å². The molecule has 3 rings (SSSR count). The van der Waals surface area contributed by atoms with Crippen molar-refractivity contribution in [2.45, 2.75) is 6.18 Å². The number of aryl methyl sites for hydroxylation is 1. The average molecular weight is 341 g/mol. The van der Waals surface area contributed by atoms with Gasteiger partial charge in [0.05, 0.1) is 16.5 Å². The van der Waals surface area contributed by atoms with Gasteiger partial charge in [-0.3, -0.25) is 4.79 Å². The van der Waals surface area contributed by atoms with Crippen LogP contribution in [0.25, 0.3) is 22.2 Å². The summed E-state index contributed by atoms with van der Waals surface area (Å²) in [5, 5.41) is -0.358. The van der Waals surface area contributed by atoms with E-state index in [0.717, 1.165) is 22.9 Å². The molecule has 0 N–H and O–H groups in total. The van der Waals surface area contributed by atoms with Gasteiger partial charge in [0.1, 0.15) is 11.6 Å². The van der Waals surface area contributed by atoms with E-state index < -0.39 is 28.9 Å². The van der Waals surface area contributed by atoms with E-state index in [4.69, 9.17) is 0 Å². The molecule has 0 saturated heterocycles. The number of hydrogen-bond donors (Lipinski definition) is 0. The molecule has 0 radical (unpaired) electrons. The van der Waals surface area contributed by atoms with E-state index in [1.165, 1.54) is 7.05 Å². The van der Waals surface area contributed by atoms with Crippen molar-refractivity contribution in [3.05, 3.63) is 58.3 Å². The van der Waals surface area contributed by atoms with E-state index >= 15 is 0 Å². The lowest BCUT2D eigenvalue weighted by molar-refractivity contribution is -0.138. The first-order chi connectivity index (χ1) is 11.2. The second-order valence-electron chi connectivity index (χ2n) is 5.06. The molecule has 9 heteroatoms. The van der Waals surface area contributed by atoms with Crippen molar-refractivity contribution in [2.75, 3.05) is 0 Å². The Morgan fingerprint density at radius 2 is 1.62 bits per heavy atom.